The molecule has 3 N–H and O–H groups in total. The van der Waals surface area contributed by atoms with Crippen molar-refractivity contribution < 1.29 is 13.5 Å². The van der Waals surface area contributed by atoms with Gasteiger partial charge in [-0.3, -0.25) is 0 Å². The number of rotatable bonds is 2. The fourth-order valence-corrected chi connectivity index (χ4v) is 3.50. The second kappa shape index (κ2) is 7.45. The van der Waals surface area contributed by atoms with E-state index in [-0.39, 0.29) is 6.54 Å². The molecule has 1 unspecified atom stereocenters. The number of aliphatic hydroxyl groups is 1. The van der Waals surface area contributed by atoms with Crippen LogP contribution in [0.3, 0.4) is 0 Å². The number of nitrogens with two attached hydrogens (primary N) is 1. The van der Waals surface area contributed by atoms with Gasteiger partial charge in [-0.05, 0) is 30.9 Å². The number of piperidine rings is 1. The van der Waals surface area contributed by atoms with Gasteiger partial charge in [0.05, 0.1) is 24.1 Å². The average molecular weight is 355 g/mol. The molecule has 2 aromatic rings. The van der Waals surface area contributed by atoms with Crippen molar-refractivity contribution in [2.45, 2.75) is 38.7 Å². The first-order valence-electron chi connectivity index (χ1n) is 7.92. The van der Waals surface area contributed by atoms with Crippen LogP contribution in [0.2, 0.25) is 0 Å². The van der Waals surface area contributed by atoms with Crippen LogP contribution < -0.4 is 5.73 Å². The Hall–Kier alpha value is -1.71. The van der Waals surface area contributed by atoms with E-state index in [1.165, 1.54) is 10.6 Å². The Bertz CT molecular complexity index is 788. The molecule has 0 spiro atoms. The molecular weight excluding hydrogens is 330 g/mol. The summed E-state index contributed by atoms with van der Waals surface area (Å²) in [6.07, 6.45) is 3.90. The minimum absolute atomic E-state index is 0.263. The third-order valence-electron chi connectivity index (χ3n) is 3.87. The molecule has 1 aliphatic rings. The zero-order valence-electron chi connectivity index (χ0n) is 14.3. The van der Waals surface area contributed by atoms with Crippen molar-refractivity contribution >= 4 is 21.5 Å². The Labute approximate surface area is 142 Å². The number of fused-ring (bicyclic) bond motifs is 1. The summed E-state index contributed by atoms with van der Waals surface area (Å²) in [5, 5.41) is 13.3. The molecule has 0 aromatic carbocycles. The van der Waals surface area contributed by atoms with Gasteiger partial charge in [0.25, 0.3) is 0 Å². The average Bonchev–Trinajstić information content (AvgIpc) is 2.90. The Balaban J connectivity index is 0.000000177. The second-order valence-corrected chi connectivity index (χ2v) is 8.27. The topological polar surface area (TPSA) is 114 Å². The van der Waals surface area contributed by atoms with E-state index >= 15 is 0 Å². The number of aliphatic hydroxyl groups excluding tert-OH is 1. The summed E-state index contributed by atoms with van der Waals surface area (Å²) in [6.45, 7) is 5.06. The molecule has 0 amide bonds. The van der Waals surface area contributed by atoms with E-state index in [0.717, 1.165) is 17.6 Å². The fourth-order valence-electron chi connectivity index (χ4n) is 2.59. The normalized spacial score (nSPS) is 19.3. The molecule has 0 radical (unpaired) electrons. The number of aromatic nitrogens is 3. The molecule has 1 saturated heterocycles. The summed E-state index contributed by atoms with van der Waals surface area (Å²) in [5.41, 5.74) is 7.65. The van der Waals surface area contributed by atoms with Crippen LogP contribution in [-0.2, 0) is 10.0 Å². The third-order valence-corrected chi connectivity index (χ3v) is 5.14. The van der Waals surface area contributed by atoms with Gasteiger partial charge in [-0.25, -0.2) is 17.9 Å². The summed E-state index contributed by atoms with van der Waals surface area (Å²) < 4.78 is 25.1. The van der Waals surface area contributed by atoms with Crippen molar-refractivity contribution in [1.29, 1.82) is 0 Å². The smallest absolute Gasteiger partial charge is 0.238 e. The molecule has 0 aliphatic carbocycles. The van der Waals surface area contributed by atoms with E-state index in [9.17, 15) is 8.42 Å². The van der Waals surface area contributed by atoms with E-state index in [0.29, 0.717) is 24.8 Å². The molecule has 1 aliphatic heterocycles. The van der Waals surface area contributed by atoms with Crippen molar-refractivity contribution in [2.24, 2.45) is 0 Å². The van der Waals surface area contributed by atoms with E-state index < -0.39 is 16.1 Å². The number of β-amino-alcohol motifs (C(OH)–C–C–N with tert-alkyl or cyclic N) is 1. The molecular formula is C15H25N5O3S. The molecule has 0 bridgehead atoms. The minimum atomic E-state index is -3.09. The highest BCUT2D eigenvalue weighted by Crippen LogP contribution is 2.17. The number of hydrogen-bond donors (Lipinski definition) is 2. The minimum Gasteiger partial charge on any atom is -0.392 e. The molecule has 3 rings (SSSR count). The number of hydrogen-bond acceptors (Lipinski definition) is 6. The highest BCUT2D eigenvalue weighted by Gasteiger charge is 2.23. The Morgan fingerprint density at radius 1 is 1.38 bits per heavy atom. The highest BCUT2D eigenvalue weighted by molar-refractivity contribution is 7.88. The summed E-state index contributed by atoms with van der Waals surface area (Å²) in [4.78, 5) is 3.93. The van der Waals surface area contributed by atoms with E-state index in [4.69, 9.17) is 10.8 Å². The van der Waals surface area contributed by atoms with Crippen molar-refractivity contribution in [3.8, 4) is 0 Å². The van der Waals surface area contributed by atoms with Gasteiger partial charge in [0.1, 0.15) is 0 Å². The first-order chi connectivity index (χ1) is 11.2. The highest BCUT2D eigenvalue weighted by atomic mass is 32.2. The molecule has 8 nitrogen and oxygen atoms in total. The Kier molecular flexibility index (Phi) is 5.79. The zero-order chi connectivity index (χ0) is 17.9. The van der Waals surface area contributed by atoms with Gasteiger partial charge < -0.3 is 10.8 Å². The molecule has 3 heterocycles. The van der Waals surface area contributed by atoms with Gasteiger partial charge in [-0.15, -0.1) is 5.10 Å². The Morgan fingerprint density at radius 3 is 2.62 bits per heavy atom. The fraction of sp³-hybridized carbons (Fsp3) is 0.600. The lowest BCUT2D eigenvalue weighted by Crippen LogP contribution is -2.41. The second-order valence-electron chi connectivity index (χ2n) is 6.28. The molecule has 2 aromatic heterocycles. The van der Waals surface area contributed by atoms with Gasteiger partial charge in [0.15, 0.2) is 0 Å². The van der Waals surface area contributed by atoms with Gasteiger partial charge in [-0.1, -0.05) is 13.8 Å². The number of anilines is 1. The van der Waals surface area contributed by atoms with Crippen molar-refractivity contribution in [3.63, 3.8) is 0 Å². The zero-order valence-corrected chi connectivity index (χ0v) is 15.1. The van der Waals surface area contributed by atoms with Crippen LogP contribution in [-0.4, -0.2) is 57.9 Å². The van der Waals surface area contributed by atoms with E-state index in [1.807, 2.05) is 16.6 Å². The van der Waals surface area contributed by atoms with Crippen LogP contribution in [0.25, 0.3) is 5.52 Å². The van der Waals surface area contributed by atoms with Crippen LogP contribution in [0.5, 0.6) is 0 Å². The number of sulfonamides is 1. The first-order valence-corrected chi connectivity index (χ1v) is 9.76. The van der Waals surface area contributed by atoms with Crippen LogP contribution in [0.1, 0.15) is 38.3 Å². The van der Waals surface area contributed by atoms with E-state index in [1.54, 1.807) is 6.20 Å². The lowest BCUT2D eigenvalue weighted by Gasteiger charge is -2.27. The van der Waals surface area contributed by atoms with E-state index in [2.05, 4.69) is 23.9 Å². The predicted molar refractivity (Wildman–Crippen MR) is 93.1 cm³/mol. The predicted octanol–water partition coefficient (Wildman–Crippen LogP) is 0.838. The molecule has 1 atom stereocenters. The van der Waals surface area contributed by atoms with Gasteiger partial charge >= 0.3 is 0 Å². The number of nitrogen functional groups attached to an aromatic ring is 1. The quantitative estimate of drug-likeness (QED) is 0.825. The maximum Gasteiger partial charge on any atom is 0.238 e. The van der Waals surface area contributed by atoms with Gasteiger partial charge in [0.2, 0.25) is 16.0 Å². The standard InChI is InChI=1S/C9H12N4.C6H13NO3S/c1-6(2)8-4-3-7-5-11-9(10)12-13(7)8;1-11(9,10)7-4-2-3-6(8)5-7/h3-6H,1-2H3,(H2,10,12);6,8H,2-5H2,1H3. The summed E-state index contributed by atoms with van der Waals surface area (Å²) in [7, 11) is -3.09. The molecule has 134 valence electrons. The van der Waals surface area contributed by atoms with Crippen LogP contribution in [0, 0.1) is 0 Å². The maximum absolute atomic E-state index is 10.9. The van der Waals surface area contributed by atoms with Crippen LogP contribution in [0.15, 0.2) is 18.3 Å². The molecule has 0 saturated carbocycles. The molecule has 24 heavy (non-hydrogen) atoms. The van der Waals surface area contributed by atoms with Crippen molar-refractivity contribution in [1.82, 2.24) is 18.9 Å². The Morgan fingerprint density at radius 2 is 2.08 bits per heavy atom. The summed E-state index contributed by atoms with van der Waals surface area (Å²) in [6, 6.07) is 4.04. The third kappa shape index (κ3) is 4.65. The summed E-state index contributed by atoms with van der Waals surface area (Å²) in [5.74, 6) is 0.752. The van der Waals surface area contributed by atoms with Gasteiger partial charge in [0, 0.05) is 18.8 Å². The SMILES string of the molecule is CC(C)c1ccc2cnc(N)nn12.CS(=O)(=O)N1CCCC(O)C1. The first kappa shape index (κ1) is 18.6. The van der Waals surface area contributed by atoms with Gasteiger partial charge in [-0.2, -0.15) is 4.31 Å². The van der Waals surface area contributed by atoms with Crippen LogP contribution in [0.4, 0.5) is 5.95 Å². The number of nitrogens with zero attached hydrogens (tertiary/aromatic N) is 4. The van der Waals surface area contributed by atoms with Crippen molar-refractivity contribution in [3.05, 3.63) is 24.0 Å². The largest absolute Gasteiger partial charge is 0.392 e. The van der Waals surface area contributed by atoms with Crippen molar-refractivity contribution in [2.75, 3.05) is 25.1 Å². The summed E-state index contributed by atoms with van der Waals surface area (Å²) >= 11 is 0. The lowest BCUT2D eigenvalue weighted by atomic mass is 10.1. The lowest BCUT2D eigenvalue weighted by molar-refractivity contribution is 0.108. The molecule has 1 fully saturated rings. The molecule has 9 heteroatoms. The maximum atomic E-state index is 10.9. The monoisotopic (exact) mass is 355 g/mol. The van der Waals surface area contributed by atoms with Crippen LogP contribution >= 0.6 is 0 Å².